The Morgan fingerprint density at radius 3 is 2.44 bits per heavy atom. The molecule has 1 N–H and O–H groups in total. The van der Waals surface area contributed by atoms with Crippen molar-refractivity contribution in [3.8, 4) is 0 Å². The lowest BCUT2D eigenvalue weighted by Crippen LogP contribution is -2.48. The number of aromatic nitrogens is 1. The Morgan fingerprint density at radius 1 is 1.11 bits per heavy atom. The summed E-state index contributed by atoms with van der Waals surface area (Å²) in [4.78, 5) is 4.35. The third-order valence-corrected chi connectivity index (χ3v) is 6.34. The van der Waals surface area contributed by atoms with Crippen LogP contribution in [-0.4, -0.2) is 11.5 Å². The molecule has 3 heteroatoms. The molecule has 0 spiro atoms. The maximum Gasteiger partial charge on any atom is 0.106 e. The van der Waals surface area contributed by atoms with Crippen LogP contribution >= 0.6 is 11.3 Å². The number of nitrogens with zero attached hydrogens (tertiary/aromatic N) is 1. The minimum Gasteiger partial charge on any atom is -0.310 e. The molecule has 4 aliphatic rings. The fraction of sp³-hybridized carbons (Fsp3) is 0.800. The number of nitrogens with one attached hydrogen (secondary N) is 1. The van der Waals surface area contributed by atoms with E-state index in [-0.39, 0.29) is 0 Å². The van der Waals surface area contributed by atoms with E-state index in [2.05, 4.69) is 15.7 Å². The second-order valence-corrected chi connectivity index (χ2v) is 7.63. The van der Waals surface area contributed by atoms with Gasteiger partial charge in [-0.3, -0.25) is 0 Å². The standard InChI is InChI=1S/C15H22N2S/c1-2-18-15(17-1)9-16-8-14-12-4-10-3-11(6-12)7-13(14)5-10/h1-2,10-14,16H,3-9H2. The molecule has 0 aromatic carbocycles. The number of hydrogen-bond acceptors (Lipinski definition) is 3. The largest absolute Gasteiger partial charge is 0.310 e. The highest BCUT2D eigenvalue weighted by molar-refractivity contribution is 7.09. The van der Waals surface area contributed by atoms with Gasteiger partial charge in [-0.05, 0) is 68.2 Å². The van der Waals surface area contributed by atoms with Crippen LogP contribution in [0.15, 0.2) is 11.6 Å². The smallest absolute Gasteiger partial charge is 0.106 e. The van der Waals surface area contributed by atoms with Gasteiger partial charge in [0.1, 0.15) is 5.01 Å². The van der Waals surface area contributed by atoms with E-state index in [1.54, 1.807) is 17.8 Å². The van der Waals surface area contributed by atoms with E-state index in [1.165, 1.54) is 37.2 Å². The van der Waals surface area contributed by atoms with E-state index in [9.17, 15) is 0 Å². The van der Waals surface area contributed by atoms with Crippen LogP contribution in [-0.2, 0) is 6.54 Å². The molecule has 1 aromatic heterocycles. The Labute approximate surface area is 113 Å². The summed E-state index contributed by atoms with van der Waals surface area (Å²) < 4.78 is 0. The Bertz CT molecular complexity index is 373. The fourth-order valence-electron chi connectivity index (χ4n) is 5.06. The highest BCUT2D eigenvalue weighted by Crippen LogP contribution is 2.56. The average Bonchev–Trinajstić information content (AvgIpc) is 2.85. The minimum atomic E-state index is 0.970. The molecule has 0 aliphatic heterocycles. The van der Waals surface area contributed by atoms with Crippen LogP contribution in [0, 0.1) is 29.6 Å². The summed E-state index contributed by atoms with van der Waals surface area (Å²) in [5, 5.41) is 6.97. The summed E-state index contributed by atoms with van der Waals surface area (Å²) in [5.74, 6) is 5.26. The molecule has 0 atom stereocenters. The molecular weight excluding hydrogens is 240 g/mol. The first-order valence-electron chi connectivity index (χ1n) is 7.47. The highest BCUT2D eigenvalue weighted by atomic mass is 32.1. The van der Waals surface area contributed by atoms with Crippen molar-refractivity contribution in [2.24, 2.45) is 29.6 Å². The molecule has 0 saturated heterocycles. The van der Waals surface area contributed by atoms with E-state index >= 15 is 0 Å². The van der Waals surface area contributed by atoms with Gasteiger partial charge in [-0.2, -0.15) is 0 Å². The fourth-order valence-corrected chi connectivity index (χ4v) is 5.64. The van der Waals surface area contributed by atoms with Gasteiger partial charge >= 0.3 is 0 Å². The monoisotopic (exact) mass is 262 g/mol. The maximum absolute atomic E-state index is 4.35. The van der Waals surface area contributed by atoms with Crippen molar-refractivity contribution in [3.63, 3.8) is 0 Å². The van der Waals surface area contributed by atoms with Gasteiger partial charge in [0.2, 0.25) is 0 Å². The van der Waals surface area contributed by atoms with Crippen molar-refractivity contribution in [2.75, 3.05) is 6.54 Å². The van der Waals surface area contributed by atoms with Gasteiger partial charge in [0.25, 0.3) is 0 Å². The molecule has 4 aliphatic carbocycles. The molecule has 0 unspecified atom stereocenters. The Morgan fingerprint density at radius 2 is 1.83 bits per heavy atom. The van der Waals surface area contributed by atoms with Gasteiger partial charge in [-0.25, -0.2) is 4.98 Å². The van der Waals surface area contributed by atoms with Crippen molar-refractivity contribution >= 4 is 11.3 Å². The van der Waals surface area contributed by atoms with Crippen LogP contribution in [0.25, 0.3) is 0 Å². The van der Waals surface area contributed by atoms with E-state index in [4.69, 9.17) is 0 Å². The minimum absolute atomic E-state index is 0.970. The van der Waals surface area contributed by atoms with Crippen LogP contribution in [0.5, 0.6) is 0 Å². The molecule has 1 heterocycles. The second kappa shape index (κ2) is 4.61. The van der Waals surface area contributed by atoms with Gasteiger partial charge in [-0.1, -0.05) is 0 Å². The van der Waals surface area contributed by atoms with E-state index in [0.717, 1.165) is 36.1 Å². The Hall–Kier alpha value is -0.410. The SMILES string of the molecule is c1csc(CNCC2C3CC4CC(C3)CC2C4)n1. The van der Waals surface area contributed by atoms with Gasteiger partial charge in [0, 0.05) is 18.1 Å². The van der Waals surface area contributed by atoms with Crippen LogP contribution in [0.4, 0.5) is 0 Å². The first-order chi connectivity index (χ1) is 8.88. The van der Waals surface area contributed by atoms with Crippen molar-refractivity contribution in [1.82, 2.24) is 10.3 Å². The Balaban J connectivity index is 1.35. The molecule has 0 radical (unpaired) electrons. The van der Waals surface area contributed by atoms with E-state index in [0.29, 0.717) is 0 Å². The molecule has 4 bridgehead atoms. The van der Waals surface area contributed by atoms with Crippen molar-refractivity contribution in [2.45, 2.75) is 38.6 Å². The average molecular weight is 262 g/mol. The molecule has 1 aromatic rings. The predicted molar refractivity (Wildman–Crippen MR) is 74.4 cm³/mol. The third-order valence-electron chi connectivity index (χ3n) is 5.56. The summed E-state index contributed by atoms with van der Waals surface area (Å²) in [5.41, 5.74) is 0. The maximum atomic E-state index is 4.35. The first kappa shape index (κ1) is 11.4. The van der Waals surface area contributed by atoms with Crippen LogP contribution < -0.4 is 5.32 Å². The van der Waals surface area contributed by atoms with Crippen molar-refractivity contribution < 1.29 is 0 Å². The van der Waals surface area contributed by atoms with Crippen molar-refractivity contribution in [3.05, 3.63) is 16.6 Å². The number of rotatable bonds is 4. The molecule has 4 fully saturated rings. The van der Waals surface area contributed by atoms with Crippen LogP contribution in [0.2, 0.25) is 0 Å². The van der Waals surface area contributed by atoms with E-state index in [1.807, 2.05) is 6.20 Å². The Kier molecular flexibility index (Phi) is 2.92. The lowest BCUT2D eigenvalue weighted by molar-refractivity contribution is -0.0355. The summed E-state index contributed by atoms with van der Waals surface area (Å²) in [6.07, 6.45) is 9.62. The third kappa shape index (κ3) is 2.01. The summed E-state index contributed by atoms with van der Waals surface area (Å²) in [7, 11) is 0. The molecule has 4 saturated carbocycles. The molecule has 2 nitrogen and oxygen atoms in total. The molecule has 0 amide bonds. The van der Waals surface area contributed by atoms with Crippen molar-refractivity contribution in [1.29, 1.82) is 0 Å². The predicted octanol–water partition coefficient (Wildman–Crippen LogP) is 3.31. The van der Waals surface area contributed by atoms with Gasteiger partial charge in [-0.15, -0.1) is 11.3 Å². The lowest BCUT2D eigenvalue weighted by atomic mass is 9.52. The zero-order chi connectivity index (χ0) is 11.9. The van der Waals surface area contributed by atoms with Gasteiger partial charge in [0.05, 0.1) is 0 Å². The van der Waals surface area contributed by atoms with Gasteiger partial charge < -0.3 is 5.32 Å². The number of thiazole rings is 1. The highest BCUT2D eigenvalue weighted by Gasteiger charge is 2.47. The molecule has 98 valence electrons. The van der Waals surface area contributed by atoms with Gasteiger partial charge in [0.15, 0.2) is 0 Å². The van der Waals surface area contributed by atoms with Crippen LogP contribution in [0.1, 0.15) is 37.1 Å². The zero-order valence-corrected chi connectivity index (χ0v) is 11.7. The topological polar surface area (TPSA) is 24.9 Å². The lowest BCUT2D eigenvalue weighted by Gasteiger charge is -2.54. The normalized spacial score (nSPS) is 41.4. The number of hydrogen-bond donors (Lipinski definition) is 1. The molecule has 5 rings (SSSR count). The first-order valence-corrected chi connectivity index (χ1v) is 8.35. The molecule has 18 heavy (non-hydrogen) atoms. The van der Waals surface area contributed by atoms with Crippen LogP contribution in [0.3, 0.4) is 0 Å². The summed E-state index contributed by atoms with van der Waals surface area (Å²) in [6.45, 7) is 2.20. The van der Waals surface area contributed by atoms with E-state index < -0.39 is 0 Å². The zero-order valence-electron chi connectivity index (χ0n) is 10.8. The molecular formula is C15H22N2S. The summed E-state index contributed by atoms with van der Waals surface area (Å²) in [6, 6.07) is 0. The second-order valence-electron chi connectivity index (χ2n) is 6.65. The quantitative estimate of drug-likeness (QED) is 0.900. The summed E-state index contributed by atoms with van der Waals surface area (Å²) >= 11 is 1.76.